The van der Waals surface area contributed by atoms with E-state index in [9.17, 15) is 4.79 Å². The Kier molecular flexibility index (Phi) is 7.86. The number of hydrogen-bond acceptors (Lipinski definition) is 4. The number of para-hydroxylation sites is 1. The number of amides is 1. The maximum absolute atomic E-state index is 11.1. The van der Waals surface area contributed by atoms with Crippen molar-refractivity contribution in [3.63, 3.8) is 0 Å². The van der Waals surface area contributed by atoms with Gasteiger partial charge in [-0.15, -0.1) is 24.0 Å². The van der Waals surface area contributed by atoms with Crippen LogP contribution in [0.15, 0.2) is 59.6 Å². The molecule has 2 aromatic carbocycles. The summed E-state index contributed by atoms with van der Waals surface area (Å²) in [6.45, 7) is 0.378. The highest BCUT2D eigenvalue weighted by molar-refractivity contribution is 14.0. The topological polar surface area (TPSA) is 112 Å². The maximum atomic E-state index is 11.1. The molecule has 0 saturated carbocycles. The van der Waals surface area contributed by atoms with Gasteiger partial charge in [0, 0.05) is 11.8 Å². The molecule has 0 aromatic heterocycles. The van der Waals surface area contributed by atoms with Gasteiger partial charge in [-0.1, -0.05) is 24.3 Å². The van der Waals surface area contributed by atoms with Crippen molar-refractivity contribution < 1.29 is 14.3 Å². The molecule has 1 aliphatic heterocycles. The fourth-order valence-electron chi connectivity index (χ4n) is 2.70. The van der Waals surface area contributed by atoms with Crippen molar-refractivity contribution in [1.29, 1.82) is 0 Å². The molecule has 2 unspecified atom stereocenters. The first-order valence-corrected chi connectivity index (χ1v) is 8.45. The van der Waals surface area contributed by atoms with Gasteiger partial charge >= 0.3 is 0 Å². The third-order valence-electron chi connectivity index (χ3n) is 3.98. The van der Waals surface area contributed by atoms with Crippen LogP contribution in [-0.4, -0.2) is 30.6 Å². The van der Waals surface area contributed by atoms with Crippen LogP contribution in [0.2, 0.25) is 0 Å². The summed E-state index contributed by atoms with van der Waals surface area (Å²) in [5, 5.41) is 3.03. The Hall–Kier alpha value is -2.33. The van der Waals surface area contributed by atoms with Crippen molar-refractivity contribution in [3.8, 4) is 11.5 Å². The third-order valence-corrected chi connectivity index (χ3v) is 3.98. The minimum Gasteiger partial charge on any atom is -0.457 e. The van der Waals surface area contributed by atoms with E-state index in [1.165, 1.54) is 0 Å². The molecule has 1 fully saturated rings. The van der Waals surface area contributed by atoms with Crippen LogP contribution in [0.3, 0.4) is 0 Å². The number of anilines is 1. The van der Waals surface area contributed by atoms with Crippen LogP contribution in [0.1, 0.15) is 12.8 Å². The van der Waals surface area contributed by atoms with E-state index in [2.05, 4.69) is 10.3 Å². The Balaban J connectivity index is 0.00000261. The minimum atomic E-state index is -0.517. The first kappa shape index (κ1) is 21.0. The molecule has 0 radical (unpaired) electrons. The Morgan fingerprint density at radius 1 is 1.11 bits per heavy atom. The zero-order chi connectivity index (χ0) is 18.4. The molecular weight excluding hydrogens is 459 g/mol. The average molecular weight is 482 g/mol. The Bertz CT molecular complexity index is 786. The van der Waals surface area contributed by atoms with E-state index in [0.29, 0.717) is 18.7 Å². The molecule has 8 heteroatoms. The largest absolute Gasteiger partial charge is 0.457 e. The molecular formula is C19H23IN4O3. The predicted molar refractivity (Wildman–Crippen MR) is 116 cm³/mol. The van der Waals surface area contributed by atoms with Crippen LogP contribution in [0.25, 0.3) is 0 Å². The van der Waals surface area contributed by atoms with E-state index in [1.807, 2.05) is 54.6 Å². The number of carbonyl (C=O) groups excluding carboxylic acids is 1. The highest BCUT2D eigenvalue weighted by Crippen LogP contribution is 2.24. The van der Waals surface area contributed by atoms with Gasteiger partial charge in [-0.3, -0.25) is 9.79 Å². The molecule has 3 rings (SSSR count). The molecule has 144 valence electrons. The molecule has 7 nitrogen and oxygen atoms in total. The van der Waals surface area contributed by atoms with Gasteiger partial charge in [0.2, 0.25) is 5.91 Å². The molecule has 2 atom stereocenters. The maximum Gasteiger partial charge on any atom is 0.246 e. The van der Waals surface area contributed by atoms with Gasteiger partial charge in [0.1, 0.15) is 17.6 Å². The van der Waals surface area contributed by atoms with Crippen molar-refractivity contribution in [2.45, 2.75) is 25.0 Å². The van der Waals surface area contributed by atoms with E-state index in [1.54, 1.807) is 0 Å². The van der Waals surface area contributed by atoms with Gasteiger partial charge in [0.15, 0.2) is 5.96 Å². The molecule has 0 aliphatic carbocycles. The van der Waals surface area contributed by atoms with E-state index in [4.69, 9.17) is 20.9 Å². The number of carbonyl (C=O) groups is 1. The average Bonchev–Trinajstić information content (AvgIpc) is 3.11. The number of nitrogens with one attached hydrogen (secondary N) is 1. The first-order chi connectivity index (χ1) is 12.6. The summed E-state index contributed by atoms with van der Waals surface area (Å²) in [6, 6.07) is 17.0. The Morgan fingerprint density at radius 3 is 2.56 bits per heavy atom. The number of ether oxygens (including phenoxy) is 2. The van der Waals surface area contributed by atoms with Crippen molar-refractivity contribution in [2.75, 3.05) is 11.9 Å². The van der Waals surface area contributed by atoms with Crippen LogP contribution < -0.4 is 21.5 Å². The van der Waals surface area contributed by atoms with Gasteiger partial charge in [-0.25, -0.2) is 0 Å². The first-order valence-electron chi connectivity index (χ1n) is 8.45. The lowest BCUT2D eigenvalue weighted by Crippen LogP contribution is -2.29. The van der Waals surface area contributed by atoms with E-state index < -0.39 is 12.0 Å². The number of benzene rings is 2. The number of nitrogens with zero attached hydrogens (tertiary/aromatic N) is 1. The van der Waals surface area contributed by atoms with Gasteiger partial charge in [-0.2, -0.15) is 0 Å². The fourth-order valence-corrected chi connectivity index (χ4v) is 2.70. The van der Waals surface area contributed by atoms with Crippen LogP contribution in [-0.2, 0) is 9.53 Å². The monoisotopic (exact) mass is 482 g/mol. The van der Waals surface area contributed by atoms with Crippen LogP contribution in [0.5, 0.6) is 11.5 Å². The normalized spacial score (nSPS) is 19.2. The molecule has 27 heavy (non-hydrogen) atoms. The number of nitrogens with two attached hydrogens (primary N) is 2. The molecule has 1 heterocycles. The SMILES string of the molecule is I.NC(=O)C1CCC(CN=C(N)Nc2cccc(Oc3ccccc3)c2)O1. The third kappa shape index (κ3) is 6.40. The van der Waals surface area contributed by atoms with E-state index in [0.717, 1.165) is 17.9 Å². The minimum absolute atomic E-state index is 0. The van der Waals surface area contributed by atoms with Gasteiger partial charge in [-0.05, 0) is 37.1 Å². The van der Waals surface area contributed by atoms with Gasteiger partial charge in [0.25, 0.3) is 0 Å². The number of aliphatic imine (C=N–C) groups is 1. The highest BCUT2D eigenvalue weighted by Gasteiger charge is 2.28. The second-order valence-corrected chi connectivity index (χ2v) is 6.02. The second kappa shape index (κ2) is 10.1. The van der Waals surface area contributed by atoms with Gasteiger partial charge in [0.05, 0.1) is 12.6 Å². The van der Waals surface area contributed by atoms with E-state index >= 15 is 0 Å². The molecule has 5 N–H and O–H groups in total. The molecule has 1 aliphatic rings. The summed E-state index contributed by atoms with van der Waals surface area (Å²) in [5.74, 6) is 1.29. The molecule has 1 saturated heterocycles. The number of halogens is 1. The Labute approximate surface area is 175 Å². The summed E-state index contributed by atoms with van der Waals surface area (Å²) in [5.41, 5.74) is 11.9. The standard InChI is InChI=1S/C19H22N4O3.HI/c20-18(24)17-10-9-16(26-17)12-22-19(21)23-13-5-4-8-15(11-13)25-14-6-2-1-3-7-14;/h1-8,11,16-17H,9-10,12H2,(H2,20,24)(H3,21,22,23);1H. The lowest BCUT2D eigenvalue weighted by molar-refractivity contribution is -0.128. The Morgan fingerprint density at radius 2 is 1.85 bits per heavy atom. The van der Waals surface area contributed by atoms with Crippen LogP contribution >= 0.6 is 24.0 Å². The summed E-state index contributed by atoms with van der Waals surface area (Å²) in [4.78, 5) is 15.4. The smallest absolute Gasteiger partial charge is 0.246 e. The van der Waals surface area contributed by atoms with Crippen molar-refractivity contribution in [3.05, 3.63) is 54.6 Å². The van der Waals surface area contributed by atoms with Gasteiger partial charge < -0.3 is 26.3 Å². The summed E-state index contributed by atoms with van der Waals surface area (Å²) in [7, 11) is 0. The molecule has 2 aromatic rings. The lowest BCUT2D eigenvalue weighted by atomic mass is 10.2. The van der Waals surface area contributed by atoms with Crippen molar-refractivity contribution in [1.82, 2.24) is 0 Å². The lowest BCUT2D eigenvalue weighted by Gasteiger charge is -2.11. The fraction of sp³-hybridized carbons (Fsp3) is 0.263. The molecule has 1 amide bonds. The van der Waals surface area contributed by atoms with E-state index in [-0.39, 0.29) is 36.0 Å². The number of rotatable bonds is 6. The quantitative estimate of drug-likeness (QED) is 0.333. The second-order valence-electron chi connectivity index (χ2n) is 6.02. The zero-order valence-electron chi connectivity index (χ0n) is 14.7. The number of guanidine groups is 1. The molecule has 0 spiro atoms. The van der Waals surface area contributed by atoms with Crippen molar-refractivity contribution in [2.24, 2.45) is 16.5 Å². The highest BCUT2D eigenvalue weighted by atomic mass is 127. The molecule has 0 bridgehead atoms. The number of hydrogen-bond donors (Lipinski definition) is 3. The predicted octanol–water partition coefficient (Wildman–Crippen LogP) is 2.86. The zero-order valence-corrected chi connectivity index (χ0v) is 17.0. The number of primary amides is 1. The van der Waals surface area contributed by atoms with Crippen molar-refractivity contribution >= 4 is 41.5 Å². The summed E-state index contributed by atoms with van der Waals surface area (Å²) >= 11 is 0. The van der Waals surface area contributed by atoms with Crippen LogP contribution in [0, 0.1) is 0 Å². The summed E-state index contributed by atoms with van der Waals surface area (Å²) in [6.07, 6.45) is 0.712. The summed E-state index contributed by atoms with van der Waals surface area (Å²) < 4.78 is 11.3. The van der Waals surface area contributed by atoms with Crippen LogP contribution in [0.4, 0.5) is 5.69 Å².